The molecule has 0 bridgehead atoms. The highest BCUT2D eigenvalue weighted by atomic mass is 35.5. The number of aryl methyl sites for hydroxylation is 2. The molecule has 2 aromatic carbocycles. The number of rotatable bonds is 6. The van der Waals surface area contributed by atoms with Crippen molar-refractivity contribution in [1.82, 2.24) is 15.1 Å². The van der Waals surface area contributed by atoms with Gasteiger partial charge in [0.1, 0.15) is 5.58 Å². The molecule has 158 valence electrons. The molecule has 6 nitrogen and oxygen atoms in total. The van der Waals surface area contributed by atoms with E-state index in [0.717, 1.165) is 34.9 Å². The van der Waals surface area contributed by atoms with Crippen LogP contribution in [0.15, 0.2) is 51.5 Å². The minimum Gasteiger partial charge on any atom is -0.464 e. The molecule has 1 fully saturated rings. The molecule has 4 aromatic rings. The Hall–Kier alpha value is -3.12. The predicted molar refractivity (Wildman–Crippen MR) is 118 cm³/mol. The van der Waals surface area contributed by atoms with Crippen molar-refractivity contribution in [3.8, 4) is 11.5 Å². The zero-order chi connectivity index (χ0) is 21.5. The predicted octanol–water partition coefficient (Wildman–Crippen LogP) is 5.49. The van der Waals surface area contributed by atoms with Gasteiger partial charge in [0.2, 0.25) is 17.7 Å². The Bertz CT molecular complexity index is 1270. The number of aromatic nitrogens is 2. The molecular weight excluding hydrogens is 414 g/mol. The summed E-state index contributed by atoms with van der Waals surface area (Å²) >= 11 is 6.23. The van der Waals surface area contributed by atoms with Crippen LogP contribution in [0.1, 0.15) is 35.4 Å². The maximum absolute atomic E-state index is 13.2. The van der Waals surface area contributed by atoms with Gasteiger partial charge in [-0.2, -0.15) is 0 Å². The van der Waals surface area contributed by atoms with Crippen molar-refractivity contribution in [2.75, 3.05) is 0 Å². The van der Waals surface area contributed by atoms with Gasteiger partial charge in [-0.3, -0.25) is 4.79 Å². The lowest BCUT2D eigenvalue weighted by molar-refractivity contribution is -0.132. The highest BCUT2D eigenvalue weighted by Gasteiger charge is 2.34. The van der Waals surface area contributed by atoms with Gasteiger partial charge in [0.05, 0.1) is 29.8 Å². The molecule has 1 amide bonds. The fourth-order valence-electron chi connectivity index (χ4n) is 3.80. The summed E-state index contributed by atoms with van der Waals surface area (Å²) in [4.78, 5) is 15.0. The molecular formula is C24H22ClN3O3. The zero-order valence-electron chi connectivity index (χ0n) is 17.4. The standard InChI is InChI=1S/C24H22ClN3O3/c1-14-7-10-18-16(13-30-23(18)15(14)2)11-22(29)28(17-8-9-17)12-21-26-27-24(31-21)19-5-3-4-6-20(19)25/h3-7,10,13,17H,8-9,11-12H2,1-2H3. The number of hydrogen-bond acceptors (Lipinski definition) is 5. The van der Waals surface area contributed by atoms with Gasteiger partial charge in [-0.25, -0.2) is 0 Å². The fraction of sp³-hybridized carbons (Fsp3) is 0.292. The van der Waals surface area contributed by atoms with Crippen molar-refractivity contribution in [2.45, 2.75) is 45.7 Å². The minimum absolute atomic E-state index is 0.0286. The summed E-state index contributed by atoms with van der Waals surface area (Å²) in [5, 5.41) is 9.80. The van der Waals surface area contributed by atoms with Crippen LogP contribution in [0.4, 0.5) is 0 Å². The molecule has 0 spiro atoms. The van der Waals surface area contributed by atoms with Gasteiger partial charge in [-0.1, -0.05) is 35.9 Å². The Morgan fingerprint density at radius 2 is 1.97 bits per heavy atom. The fourth-order valence-corrected chi connectivity index (χ4v) is 4.02. The number of amides is 1. The SMILES string of the molecule is Cc1ccc2c(CC(=O)N(Cc3nnc(-c4ccccc4Cl)o3)C3CC3)coc2c1C. The smallest absolute Gasteiger partial charge is 0.249 e. The van der Waals surface area contributed by atoms with Gasteiger partial charge in [0.15, 0.2) is 0 Å². The van der Waals surface area contributed by atoms with E-state index < -0.39 is 0 Å². The summed E-state index contributed by atoms with van der Waals surface area (Å²) in [7, 11) is 0. The van der Waals surface area contributed by atoms with Crippen molar-refractivity contribution in [3.63, 3.8) is 0 Å². The van der Waals surface area contributed by atoms with Crippen molar-refractivity contribution >= 4 is 28.5 Å². The first kappa shape index (κ1) is 19.8. The van der Waals surface area contributed by atoms with Crippen LogP contribution >= 0.6 is 11.6 Å². The van der Waals surface area contributed by atoms with Gasteiger partial charge in [0.25, 0.3) is 0 Å². The molecule has 1 aliphatic carbocycles. The van der Waals surface area contributed by atoms with E-state index in [1.807, 2.05) is 36.1 Å². The molecule has 2 heterocycles. The Kier molecular flexibility index (Phi) is 5.02. The zero-order valence-corrected chi connectivity index (χ0v) is 18.1. The summed E-state index contributed by atoms with van der Waals surface area (Å²) in [6.45, 7) is 4.38. The van der Waals surface area contributed by atoms with Crippen molar-refractivity contribution in [2.24, 2.45) is 0 Å². The quantitative estimate of drug-likeness (QED) is 0.400. The van der Waals surface area contributed by atoms with E-state index in [1.165, 1.54) is 5.56 Å². The van der Waals surface area contributed by atoms with Gasteiger partial charge < -0.3 is 13.7 Å². The molecule has 5 rings (SSSR count). The highest BCUT2D eigenvalue weighted by Crippen LogP contribution is 2.32. The first-order chi connectivity index (χ1) is 15.0. The van der Waals surface area contributed by atoms with Crippen LogP contribution in [0.5, 0.6) is 0 Å². The lowest BCUT2D eigenvalue weighted by atomic mass is 10.0. The summed E-state index contributed by atoms with van der Waals surface area (Å²) < 4.78 is 11.6. The van der Waals surface area contributed by atoms with Crippen molar-refractivity contribution in [1.29, 1.82) is 0 Å². The van der Waals surface area contributed by atoms with Crippen LogP contribution in [0.25, 0.3) is 22.4 Å². The third kappa shape index (κ3) is 3.83. The molecule has 0 saturated heterocycles. The highest BCUT2D eigenvalue weighted by molar-refractivity contribution is 6.33. The Labute approximate surface area is 184 Å². The summed E-state index contributed by atoms with van der Waals surface area (Å²) in [5.41, 5.74) is 4.71. The van der Waals surface area contributed by atoms with Gasteiger partial charge in [-0.15, -0.1) is 10.2 Å². The molecule has 0 radical (unpaired) electrons. The lowest BCUT2D eigenvalue weighted by Crippen LogP contribution is -2.33. The minimum atomic E-state index is 0.0286. The van der Waals surface area contributed by atoms with E-state index in [4.69, 9.17) is 20.4 Å². The number of carbonyl (C=O) groups is 1. The van der Waals surface area contributed by atoms with Crippen LogP contribution in [0.3, 0.4) is 0 Å². The third-order valence-electron chi connectivity index (χ3n) is 5.87. The number of fused-ring (bicyclic) bond motifs is 1. The second-order valence-corrected chi connectivity index (χ2v) is 8.46. The van der Waals surface area contributed by atoms with Crippen LogP contribution < -0.4 is 0 Å². The van der Waals surface area contributed by atoms with E-state index in [-0.39, 0.29) is 24.9 Å². The van der Waals surface area contributed by atoms with Crippen LogP contribution in [-0.2, 0) is 17.8 Å². The lowest BCUT2D eigenvalue weighted by Gasteiger charge is -2.20. The molecule has 1 saturated carbocycles. The van der Waals surface area contributed by atoms with E-state index in [1.54, 1.807) is 12.3 Å². The largest absolute Gasteiger partial charge is 0.464 e. The van der Waals surface area contributed by atoms with Gasteiger partial charge >= 0.3 is 0 Å². The Balaban J connectivity index is 1.36. The average Bonchev–Trinajstić information content (AvgIpc) is 3.36. The van der Waals surface area contributed by atoms with E-state index in [0.29, 0.717) is 22.4 Å². The number of carbonyl (C=O) groups excluding carboxylic acids is 1. The maximum Gasteiger partial charge on any atom is 0.249 e. The topological polar surface area (TPSA) is 72.4 Å². The molecule has 0 N–H and O–H groups in total. The monoisotopic (exact) mass is 435 g/mol. The third-order valence-corrected chi connectivity index (χ3v) is 6.20. The van der Waals surface area contributed by atoms with E-state index >= 15 is 0 Å². The number of halogens is 1. The molecule has 0 unspecified atom stereocenters. The van der Waals surface area contributed by atoms with Crippen LogP contribution in [0, 0.1) is 13.8 Å². The number of furan rings is 1. The summed E-state index contributed by atoms with van der Waals surface area (Å²) in [6.07, 6.45) is 3.95. The van der Waals surface area contributed by atoms with Crippen molar-refractivity contribution in [3.05, 3.63) is 70.3 Å². The molecule has 31 heavy (non-hydrogen) atoms. The number of hydrogen-bond donors (Lipinski definition) is 0. The second kappa shape index (κ2) is 7.85. The second-order valence-electron chi connectivity index (χ2n) is 8.06. The van der Waals surface area contributed by atoms with Crippen LogP contribution in [-0.4, -0.2) is 27.0 Å². The van der Waals surface area contributed by atoms with Gasteiger partial charge in [0, 0.05) is 17.0 Å². The molecule has 0 atom stereocenters. The summed E-state index contributed by atoms with van der Waals surface area (Å²) in [6, 6.07) is 11.6. The van der Waals surface area contributed by atoms with Gasteiger partial charge in [-0.05, 0) is 49.9 Å². The van der Waals surface area contributed by atoms with E-state index in [2.05, 4.69) is 23.2 Å². The molecule has 0 aliphatic heterocycles. The number of benzene rings is 2. The van der Waals surface area contributed by atoms with Crippen molar-refractivity contribution < 1.29 is 13.6 Å². The Morgan fingerprint density at radius 1 is 1.16 bits per heavy atom. The number of nitrogens with zero attached hydrogens (tertiary/aromatic N) is 3. The first-order valence-electron chi connectivity index (χ1n) is 10.3. The average molecular weight is 436 g/mol. The van der Waals surface area contributed by atoms with E-state index in [9.17, 15) is 4.79 Å². The molecule has 2 aromatic heterocycles. The molecule has 7 heteroatoms. The maximum atomic E-state index is 13.2. The first-order valence-corrected chi connectivity index (χ1v) is 10.7. The van der Waals surface area contributed by atoms with Crippen LogP contribution in [0.2, 0.25) is 5.02 Å². The normalized spacial score (nSPS) is 13.6. The Morgan fingerprint density at radius 3 is 2.74 bits per heavy atom. The molecule has 1 aliphatic rings. The summed E-state index contributed by atoms with van der Waals surface area (Å²) in [5.74, 6) is 0.787.